The molecule has 32 heavy (non-hydrogen) atoms. The van der Waals surface area contributed by atoms with Gasteiger partial charge in [-0.3, -0.25) is 9.59 Å². The normalized spacial score (nSPS) is 20.5. The molecule has 2 aliphatic rings. The maximum atomic E-state index is 13.3. The second-order valence-electron chi connectivity index (χ2n) is 7.74. The Hall–Kier alpha value is -3.08. The van der Waals surface area contributed by atoms with Crippen LogP contribution in [0.15, 0.2) is 64.2 Å². The van der Waals surface area contributed by atoms with Crippen LogP contribution < -0.4 is 10.0 Å². The van der Waals surface area contributed by atoms with E-state index >= 15 is 0 Å². The van der Waals surface area contributed by atoms with Gasteiger partial charge in [-0.05, 0) is 70.8 Å². The van der Waals surface area contributed by atoms with Crippen LogP contribution in [-0.4, -0.2) is 43.8 Å². The standard InChI is InChI=1S/C22H18FN3O4S2/c23-15-2-4-17(5-3-15)32(29,30)25-16-10-20-21(27)24-19-6-1-13(14-7-8-31-12-14)9-18(19)22(28)26(20)11-16/h1-9,12,16,20,25H,10-11H2,(H,24,27)/t16-,20-/m0/s1. The molecule has 2 amide bonds. The summed E-state index contributed by atoms with van der Waals surface area (Å²) in [6.07, 6.45) is 0.142. The van der Waals surface area contributed by atoms with Gasteiger partial charge in [0.15, 0.2) is 0 Å². The number of hydrogen-bond acceptors (Lipinski definition) is 5. The third kappa shape index (κ3) is 3.70. The summed E-state index contributed by atoms with van der Waals surface area (Å²) in [7, 11) is -3.93. The molecule has 164 valence electrons. The number of rotatable bonds is 4. The predicted octanol–water partition coefficient (Wildman–Crippen LogP) is 3.07. The first-order valence-corrected chi connectivity index (χ1v) is 12.3. The van der Waals surface area contributed by atoms with Crippen molar-refractivity contribution in [3.63, 3.8) is 0 Å². The fourth-order valence-electron chi connectivity index (χ4n) is 4.10. The van der Waals surface area contributed by atoms with Crippen LogP contribution in [0.5, 0.6) is 0 Å². The van der Waals surface area contributed by atoms with Crippen molar-refractivity contribution in [2.45, 2.75) is 23.4 Å². The van der Waals surface area contributed by atoms with E-state index in [0.29, 0.717) is 11.3 Å². The number of nitrogens with zero attached hydrogens (tertiary/aromatic N) is 1. The SMILES string of the molecule is O=C1Nc2ccc(-c3ccsc3)cc2C(=O)N2C[C@@H](NS(=O)(=O)c3ccc(F)cc3)C[C@@H]12. The van der Waals surface area contributed by atoms with Crippen LogP contribution in [0.2, 0.25) is 0 Å². The summed E-state index contributed by atoms with van der Waals surface area (Å²) >= 11 is 1.55. The first-order valence-electron chi connectivity index (χ1n) is 9.88. The van der Waals surface area contributed by atoms with E-state index in [4.69, 9.17) is 0 Å². The number of amides is 2. The zero-order valence-electron chi connectivity index (χ0n) is 16.6. The zero-order valence-corrected chi connectivity index (χ0v) is 18.3. The van der Waals surface area contributed by atoms with E-state index in [1.165, 1.54) is 17.0 Å². The lowest BCUT2D eigenvalue weighted by Crippen LogP contribution is -2.41. The zero-order chi connectivity index (χ0) is 22.5. The summed E-state index contributed by atoms with van der Waals surface area (Å²) in [5, 5.41) is 6.72. The Labute approximate surface area is 187 Å². The Morgan fingerprint density at radius 3 is 2.56 bits per heavy atom. The highest BCUT2D eigenvalue weighted by Crippen LogP contribution is 2.33. The van der Waals surface area contributed by atoms with Crippen LogP contribution in [-0.2, 0) is 14.8 Å². The van der Waals surface area contributed by atoms with Crippen LogP contribution in [0.4, 0.5) is 10.1 Å². The Morgan fingerprint density at radius 2 is 1.84 bits per heavy atom. The van der Waals surface area contributed by atoms with Crippen molar-refractivity contribution in [1.29, 1.82) is 0 Å². The number of halogens is 1. The minimum atomic E-state index is -3.93. The lowest BCUT2D eigenvalue weighted by Gasteiger charge is -2.20. The molecule has 0 radical (unpaired) electrons. The lowest BCUT2D eigenvalue weighted by atomic mass is 10.0. The quantitative estimate of drug-likeness (QED) is 0.611. The second kappa shape index (κ2) is 7.80. The van der Waals surface area contributed by atoms with Crippen LogP contribution >= 0.6 is 11.3 Å². The molecule has 3 aromatic rings. The topological polar surface area (TPSA) is 95.6 Å². The molecule has 2 N–H and O–H groups in total. The van der Waals surface area contributed by atoms with Gasteiger partial charge in [0.1, 0.15) is 11.9 Å². The van der Waals surface area contributed by atoms with Gasteiger partial charge in [0.25, 0.3) is 5.91 Å². The molecule has 1 saturated heterocycles. The number of sulfonamides is 1. The Kier molecular flexibility index (Phi) is 5.07. The van der Waals surface area contributed by atoms with E-state index in [1.807, 2.05) is 22.9 Å². The van der Waals surface area contributed by atoms with Crippen LogP contribution in [0.3, 0.4) is 0 Å². The number of fused-ring (bicyclic) bond motifs is 2. The minimum absolute atomic E-state index is 0.0550. The number of thiophene rings is 1. The third-order valence-corrected chi connectivity index (χ3v) is 7.89. The smallest absolute Gasteiger partial charge is 0.256 e. The van der Waals surface area contributed by atoms with Gasteiger partial charge in [-0.15, -0.1) is 0 Å². The largest absolute Gasteiger partial charge is 0.325 e. The molecule has 1 aromatic heterocycles. The van der Waals surface area contributed by atoms with Gasteiger partial charge in [0.2, 0.25) is 15.9 Å². The maximum Gasteiger partial charge on any atom is 0.256 e. The fraction of sp³-hybridized carbons (Fsp3) is 0.182. The Morgan fingerprint density at radius 1 is 1.06 bits per heavy atom. The summed E-state index contributed by atoms with van der Waals surface area (Å²) < 4.78 is 41.0. The molecule has 2 atom stereocenters. The summed E-state index contributed by atoms with van der Waals surface area (Å²) in [5.74, 6) is -1.23. The molecule has 3 heterocycles. The summed E-state index contributed by atoms with van der Waals surface area (Å²) in [4.78, 5) is 27.5. The molecule has 0 saturated carbocycles. The Bertz CT molecular complexity index is 1310. The summed E-state index contributed by atoms with van der Waals surface area (Å²) in [5.41, 5.74) is 2.64. The molecular formula is C22H18FN3O4S2. The lowest BCUT2D eigenvalue weighted by molar-refractivity contribution is -0.119. The third-order valence-electron chi connectivity index (χ3n) is 5.67. The second-order valence-corrected chi connectivity index (χ2v) is 10.2. The van der Waals surface area contributed by atoms with Crippen molar-refractivity contribution in [2.24, 2.45) is 0 Å². The molecular weight excluding hydrogens is 453 g/mol. The van der Waals surface area contributed by atoms with Crippen LogP contribution in [0, 0.1) is 5.82 Å². The van der Waals surface area contributed by atoms with Crippen molar-refractivity contribution >= 4 is 38.9 Å². The molecule has 2 aliphatic heterocycles. The predicted molar refractivity (Wildman–Crippen MR) is 118 cm³/mol. The number of carbonyl (C=O) groups is 2. The van der Waals surface area contributed by atoms with E-state index in [2.05, 4.69) is 10.0 Å². The average Bonchev–Trinajstić information content (AvgIpc) is 3.42. The van der Waals surface area contributed by atoms with Crippen molar-refractivity contribution in [1.82, 2.24) is 9.62 Å². The number of anilines is 1. The molecule has 1 fully saturated rings. The number of nitrogens with one attached hydrogen (secondary N) is 2. The van der Waals surface area contributed by atoms with Gasteiger partial charge in [-0.25, -0.2) is 17.5 Å². The van der Waals surface area contributed by atoms with Crippen LogP contribution in [0.1, 0.15) is 16.8 Å². The molecule has 0 bridgehead atoms. The van der Waals surface area contributed by atoms with Gasteiger partial charge in [0, 0.05) is 12.6 Å². The molecule has 10 heteroatoms. The van der Waals surface area contributed by atoms with E-state index in [1.54, 1.807) is 23.5 Å². The average molecular weight is 472 g/mol. The first-order chi connectivity index (χ1) is 15.3. The molecule has 7 nitrogen and oxygen atoms in total. The monoisotopic (exact) mass is 471 g/mol. The molecule has 2 aromatic carbocycles. The number of benzene rings is 2. The van der Waals surface area contributed by atoms with E-state index in [9.17, 15) is 22.4 Å². The molecule has 0 aliphatic carbocycles. The van der Waals surface area contributed by atoms with E-state index < -0.39 is 27.9 Å². The Balaban J connectivity index is 1.41. The van der Waals surface area contributed by atoms with Crippen molar-refractivity contribution in [3.05, 3.63) is 70.7 Å². The first kappa shape index (κ1) is 20.8. The highest BCUT2D eigenvalue weighted by Gasteiger charge is 2.44. The van der Waals surface area contributed by atoms with Gasteiger partial charge in [-0.2, -0.15) is 11.3 Å². The number of hydrogen-bond donors (Lipinski definition) is 2. The number of carbonyl (C=O) groups excluding carboxylic acids is 2. The van der Waals surface area contributed by atoms with E-state index in [-0.39, 0.29) is 29.7 Å². The maximum absolute atomic E-state index is 13.3. The highest BCUT2D eigenvalue weighted by atomic mass is 32.2. The van der Waals surface area contributed by atoms with Crippen molar-refractivity contribution in [2.75, 3.05) is 11.9 Å². The van der Waals surface area contributed by atoms with E-state index in [0.717, 1.165) is 23.3 Å². The molecule has 0 spiro atoms. The fourth-order valence-corrected chi connectivity index (χ4v) is 6.01. The van der Waals surface area contributed by atoms with Crippen LogP contribution in [0.25, 0.3) is 11.1 Å². The van der Waals surface area contributed by atoms with Gasteiger partial charge in [-0.1, -0.05) is 6.07 Å². The van der Waals surface area contributed by atoms with Crippen molar-refractivity contribution in [3.8, 4) is 11.1 Å². The molecule has 0 unspecified atom stereocenters. The highest BCUT2D eigenvalue weighted by molar-refractivity contribution is 7.89. The summed E-state index contributed by atoms with van der Waals surface area (Å²) in [6.45, 7) is 0.0550. The minimum Gasteiger partial charge on any atom is -0.325 e. The van der Waals surface area contributed by atoms with Gasteiger partial charge < -0.3 is 10.2 Å². The summed E-state index contributed by atoms with van der Waals surface area (Å²) in [6, 6.07) is 10.3. The van der Waals surface area contributed by atoms with Gasteiger partial charge >= 0.3 is 0 Å². The van der Waals surface area contributed by atoms with Crippen molar-refractivity contribution < 1.29 is 22.4 Å². The van der Waals surface area contributed by atoms with Gasteiger partial charge in [0.05, 0.1) is 16.1 Å². The molecule has 5 rings (SSSR count).